The molecule has 1 atom stereocenters. The van der Waals surface area contributed by atoms with Crippen molar-refractivity contribution in [3.05, 3.63) is 74.7 Å². The van der Waals surface area contributed by atoms with Crippen molar-refractivity contribution in [3.63, 3.8) is 0 Å². The van der Waals surface area contributed by atoms with Gasteiger partial charge in [0.05, 0.1) is 22.5 Å². The fourth-order valence-corrected chi connectivity index (χ4v) is 4.08. The number of carboxylic acids is 1. The molecule has 0 fully saturated rings. The normalized spacial score (nSPS) is 11.8. The van der Waals surface area contributed by atoms with E-state index in [-0.39, 0.29) is 17.1 Å². The third-order valence-corrected chi connectivity index (χ3v) is 5.86. The number of amides is 1. The number of hydrogen-bond donors (Lipinski definition) is 2. The van der Waals surface area contributed by atoms with E-state index in [1.54, 1.807) is 23.6 Å². The summed E-state index contributed by atoms with van der Waals surface area (Å²) in [5.41, 5.74) is 2.67. The Balaban J connectivity index is 1.86. The molecule has 0 aliphatic heterocycles. The molecular formula is C20H16Cl2N2O3S. The van der Waals surface area contributed by atoms with Gasteiger partial charge in [0.2, 0.25) is 0 Å². The number of halogens is 2. The standard InChI is InChI=1S/C20H16Cl2N2O3S/c1-11-5-2-3-6-12(11)20-24-16(10-28-20)19(27)23-15(9-17(25)26)13-7-4-8-14(21)18(13)22/h2-8,10,15H,9H2,1H3,(H,23,27)(H,25,26)/t15-/m0/s1. The van der Waals surface area contributed by atoms with E-state index in [1.165, 1.54) is 11.3 Å². The molecule has 5 nitrogen and oxygen atoms in total. The van der Waals surface area contributed by atoms with Gasteiger partial charge in [0.25, 0.3) is 5.91 Å². The van der Waals surface area contributed by atoms with E-state index in [1.807, 2.05) is 31.2 Å². The van der Waals surface area contributed by atoms with Crippen LogP contribution in [0.2, 0.25) is 10.0 Å². The van der Waals surface area contributed by atoms with Gasteiger partial charge in [-0.3, -0.25) is 9.59 Å². The van der Waals surface area contributed by atoms with Crippen molar-refractivity contribution in [1.82, 2.24) is 10.3 Å². The number of aryl methyl sites for hydroxylation is 1. The van der Waals surface area contributed by atoms with Crippen molar-refractivity contribution in [2.24, 2.45) is 0 Å². The Labute approximate surface area is 176 Å². The minimum absolute atomic E-state index is 0.217. The fourth-order valence-electron chi connectivity index (χ4n) is 2.75. The summed E-state index contributed by atoms with van der Waals surface area (Å²) in [5.74, 6) is -1.54. The molecule has 0 aliphatic rings. The van der Waals surface area contributed by atoms with E-state index < -0.39 is 17.9 Å². The van der Waals surface area contributed by atoms with Gasteiger partial charge < -0.3 is 10.4 Å². The molecule has 0 saturated heterocycles. The van der Waals surface area contributed by atoms with Crippen LogP contribution in [0.5, 0.6) is 0 Å². The van der Waals surface area contributed by atoms with Gasteiger partial charge in [-0.25, -0.2) is 4.98 Å². The van der Waals surface area contributed by atoms with Crippen molar-refractivity contribution in [2.75, 3.05) is 0 Å². The second-order valence-electron chi connectivity index (χ2n) is 6.12. The van der Waals surface area contributed by atoms with Crippen LogP contribution in [-0.2, 0) is 4.79 Å². The first-order chi connectivity index (χ1) is 13.4. The van der Waals surface area contributed by atoms with E-state index >= 15 is 0 Å². The number of benzene rings is 2. The van der Waals surface area contributed by atoms with Crippen molar-refractivity contribution in [3.8, 4) is 10.6 Å². The van der Waals surface area contributed by atoms with Gasteiger partial charge in [-0.1, -0.05) is 59.6 Å². The zero-order valence-corrected chi connectivity index (χ0v) is 17.1. The summed E-state index contributed by atoms with van der Waals surface area (Å²) in [7, 11) is 0. The van der Waals surface area contributed by atoms with Crippen LogP contribution in [0.3, 0.4) is 0 Å². The van der Waals surface area contributed by atoms with Crippen molar-refractivity contribution in [1.29, 1.82) is 0 Å². The SMILES string of the molecule is Cc1ccccc1-c1nc(C(=O)N[C@@H](CC(=O)O)c2cccc(Cl)c2Cl)cs1. The minimum atomic E-state index is -1.07. The average molecular weight is 435 g/mol. The third kappa shape index (κ3) is 4.52. The molecule has 0 aliphatic carbocycles. The molecule has 1 heterocycles. The molecule has 3 rings (SSSR count). The minimum Gasteiger partial charge on any atom is -0.481 e. The van der Waals surface area contributed by atoms with Crippen molar-refractivity contribution in [2.45, 2.75) is 19.4 Å². The second kappa shape index (κ2) is 8.73. The molecule has 0 unspecified atom stereocenters. The number of rotatable bonds is 6. The zero-order chi connectivity index (χ0) is 20.3. The van der Waals surface area contributed by atoms with Gasteiger partial charge in [-0.2, -0.15) is 0 Å². The molecule has 0 spiro atoms. The monoisotopic (exact) mass is 434 g/mol. The Morgan fingerprint density at radius 1 is 1.18 bits per heavy atom. The van der Waals surface area contributed by atoms with Gasteiger partial charge in [0.1, 0.15) is 10.7 Å². The predicted molar refractivity (Wildman–Crippen MR) is 111 cm³/mol. The summed E-state index contributed by atoms with van der Waals surface area (Å²) in [6, 6.07) is 11.8. The summed E-state index contributed by atoms with van der Waals surface area (Å²) in [6.07, 6.45) is -0.333. The summed E-state index contributed by atoms with van der Waals surface area (Å²) in [4.78, 5) is 28.4. The van der Waals surface area contributed by atoms with Crippen LogP contribution in [0.15, 0.2) is 47.8 Å². The summed E-state index contributed by atoms with van der Waals surface area (Å²) in [5, 5.41) is 14.8. The Morgan fingerprint density at radius 3 is 2.64 bits per heavy atom. The first-order valence-electron chi connectivity index (χ1n) is 8.35. The average Bonchev–Trinajstić information content (AvgIpc) is 3.13. The topological polar surface area (TPSA) is 79.3 Å². The van der Waals surface area contributed by atoms with Gasteiger partial charge in [-0.15, -0.1) is 11.3 Å². The predicted octanol–water partition coefficient (Wildman–Crippen LogP) is 5.37. The lowest BCUT2D eigenvalue weighted by Crippen LogP contribution is -2.30. The summed E-state index contributed by atoms with van der Waals surface area (Å²) >= 11 is 13.6. The van der Waals surface area contributed by atoms with Crippen LogP contribution in [0, 0.1) is 6.92 Å². The lowest BCUT2D eigenvalue weighted by Gasteiger charge is -2.18. The van der Waals surface area contributed by atoms with Crippen LogP contribution in [0.4, 0.5) is 0 Å². The Kier molecular flexibility index (Phi) is 6.34. The highest BCUT2D eigenvalue weighted by atomic mass is 35.5. The largest absolute Gasteiger partial charge is 0.481 e. The smallest absolute Gasteiger partial charge is 0.305 e. The number of carbonyl (C=O) groups is 2. The van der Waals surface area contributed by atoms with Crippen molar-refractivity contribution >= 4 is 46.4 Å². The quantitative estimate of drug-likeness (QED) is 0.546. The van der Waals surface area contributed by atoms with Gasteiger partial charge in [-0.05, 0) is 24.1 Å². The van der Waals surface area contributed by atoms with Crippen molar-refractivity contribution < 1.29 is 14.7 Å². The lowest BCUT2D eigenvalue weighted by atomic mass is 10.0. The van der Waals surface area contributed by atoms with Gasteiger partial charge in [0.15, 0.2) is 0 Å². The molecule has 1 aromatic heterocycles. The molecule has 144 valence electrons. The number of hydrogen-bond acceptors (Lipinski definition) is 4. The highest BCUT2D eigenvalue weighted by Crippen LogP contribution is 2.32. The lowest BCUT2D eigenvalue weighted by molar-refractivity contribution is -0.137. The molecule has 1 amide bonds. The number of aliphatic carboxylic acids is 1. The van der Waals surface area contributed by atoms with E-state index in [9.17, 15) is 14.7 Å². The first-order valence-corrected chi connectivity index (χ1v) is 9.98. The molecule has 2 N–H and O–H groups in total. The van der Waals surface area contributed by atoms with Crippen LogP contribution >= 0.6 is 34.5 Å². The molecule has 3 aromatic rings. The van der Waals surface area contributed by atoms with E-state index in [0.29, 0.717) is 10.6 Å². The molecular weight excluding hydrogens is 419 g/mol. The fraction of sp³-hybridized carbons (Fsp3) is 0.150. The molecule has 0 radical (unpaired) electrons. The summed E-state index contributed by atoms with van der Waals surface area (Å²) in [6.45, 7) is 1.97. The Hall–Kier alpha value is -2.41. The third-order valence-electron chi connectivity index (χ3n) is 4.15. The number of nitrogens with zero attached hydrogens (tertiary/aromatic N) is 1. The Bertz CT molecular complexity index is 1040. The molecule has 28 heavy (non-hydrogen) atoms. The Morgan fingerprint density at radius 2 is 1.93 bits per heavy atom. The van der Waals surface area contributed by atoms with Crippen LogP contribution in [0.25, 0.3) is 10.6 Å². The van der Waals surface area contributed by atoms with Crippen LogP contribution in [-0.4, -0.2) is 22.0 Å². The maximum Gasteiger partial charge on any atom is 0.305 e. The number of nitrogens with one attached hydrogen (secondary N) is 1. The van der Waals surface area contributed by atoms with Crippen LogP contribution < -0.4 is 5.32 Å². The maximum atomic E-state index is 12.7. The van der Waals surface area contributed by atoms with E-state index in [2.05, 4.69) is 10.3 Å². The number of carboxylic acid groups (broad SMARTS) is 1. The molecule has 8 heteroatoms. The van der Waals surface area contributed by atoms with E-state index in [0.717, 1.165) is 16.1 Å². The van der Waals surface area contributed by atoms with Gasteiger partial charge in [0, 0.05) is 10.9 Å². The number of aromatic nitrogens is 1. The van der Waals surface area contributed by atoms with E-state index in [4.69, 9.17) is 23.2 Å². The highest BCUT2D eigenvalue weighted by molar-refractivity contribution is 7.13. The first kappa shape index (κ1) is 20.3. The zero-order valence-electron chi connectivity index (χ0n) is 14.8. The van der Waals surface area contributed by atoms with Crippen LogP contribution in [0.1, 0.15) is 34.1 Å². The maximum absolute atomic E-state index is 12.7. The second-order valence-corrected chi connectivity index (χ2v) is 7.76. The summed E-state index contributed by atoms with van der Waals surface area (Å²) < 4.78 is 0. The highest BCUT2D eigenvalue weighted by Gasteiger charge is 2.23. The number of thiazole rings is 1. The molecule has 0 saturated carbocycles. The molecule has 0 bridgehead atoms. The van der Waals surface area contributed by atoms with Gasteiger partial charge >= 0.3 is 5.97 Å². The molecule has 2 aromatic carbocycles. The number of carbonyl (C=O) groups excluding carboxylic acids is 1.